The van der Waals surface area contributed by atoms with Gasteiger partial charge in [0.05, 0.1) is 12.5 Å². The summed E-state index contributed by atoms with van der Waals surface area (Å²) in [7, 11) is 1.54. The maximum atomic E-state index is 12.3. The summed E-state index contributed by atoms with van der Waals surface area (Å²) in [5.41, 5.74) is 7.24. The quantitative estimate of drug-likeness (QED) is 0.672. The molecule has 0 bridgehead atoms. The van der Waals surface area contributed by atoms with Crippen molar-refractivity contribution in [3.05, 3.63) is 29.8 Å². The van der Waals surface area contributed by atoms with Crippen molar-refractivity contribution in [2.75, 3.05) is 19.0 Å². The Balaban J connectivity index is 1.83. The van der Waals surface area contributed by atoms with E-state index in [0.717, 1.165) is 36.9 Å². The van der Waals surface area contributed by atoms with Crippen LogP contribution in [-0.4, -0.2) is 31.6 Å². The molecule has 2 amide bonds. The van der Waals surface area contributed by atoms with Gasteiger partial charge in [-0.3, -0.25) is 9.59 Å². The molecule has 25 heavy (non-hydrogen) atoms. The number of amides is 2. The van der Waals surface area contributed by atoms with Gasteiger partial charge in [0.25, 0.3) is 0 Å². The largest absolute Gasteiger partial charge is 0.380 e. The Hall–Kier alpha value is -1.92. The first-order chi connectivity index (χ1) is 12.1. The molecule has 1 aliphatic rings. The molecule has 4 N–H and O–H groups in total. The van der Waals surface area contributed by atoms with Gasteiger partial charge in [-0.15, -0.1) is 0 Å². The lowest BCUT2D eigenvalue weighted by molar-refractivity contribution is -0.123. The molecule has 6 nitrogen and oxygen atoms in total. The van der Waals surface area contributed by atoms with E-state index in [2.05, 4.69) is 10.6 Å². The van der Waals surface area contributed by atoms with Gasteiger partial charge in [0.2, 0.25) is 11.8 Å². The number of hydrogen-bond acceptors (Lipinski definition) is 4. The fourth-order valence-electron chi connectivity index (χ4n) is 3.11. The SMILES string of the molecule is COC(CN)CC(=O)NCc1cccc(NC(=O)C2CCCCC2)c1. The molecule has 1 unspecified atom stereocenters. The molecule has 1 atom stereocenters. The molecular formula is C19H29N3O3. The van der Waals surface area contributed by atoms with Crippen LogP contribution in [0.25, 0.3) is 0 Å². The number of rotatable bonds is 8. The summed E-state index contributed by atoms with van der Waals surface area (Å²) in [6.07, 6.45) is 5.43. The molecule has 2 rings (SSSR count). The molecule has 138 valence electrons. The van der Waals surface area contributed by atoms with Crippen molar-refractivity contribution in [1.82, 2.24) is 5.32 Å². The Bertz CT molecular complexity index is 567. The van der Waals surface area contributed by atoms with E-state index in [1.165, 1.54) is 6.42 Å². The van der Waals surface area contributed by atoms with Crippen LogP contribution in [0.5, 0.6) is 0 Å². The minimum absolute atomic E-state index is 0.103. The van der Waals surface area contributed by atoms with Crippen LogP contribution >= 0.6 is 0 Å². The zero-order chi connectivity index (χ0) is 18.1. The van der Waals surface area contributed by atoms with E-state index in [1.807, 2.05) is 24.3 Å². The summed E-state index contributed by atoms with van der Waals surface area (Å²) < 4.78 is 5.11. The monoisotopic (exact) mass is 347 g/mol. The third kappa shape index (κ3) is 6.48. The summed E-state index contributed by atoms with van der Waals surface area (Å²) in [5, 5.41) is 5.86. The number of nitrogens with one attached hydrogen (secondary N) is 2. The van der Waals surface area contributed by atoms with Crippen molar-refractivity contribution in [2.45, 2.75) is 51.2 Å². The Morgan fingerprint density at radius 3 is 2.72 bits per heavy atom. The lowest BCUT2D eigenvalue weighted by Gasteiger charge is -2.21. The Labute approximate surface area is 149 Å². The van der Waals surface area contributed by atoms with Crippen molar-refractivity contribution in [3.8, 4) is 0 Å². The lowest BCUT2D eigenvalue weighted by Crippen LogP contribution is -2.31. The van der Waals surface area contributed by atoms with E-state index in [4.69, 9.17) is 10.5 Å². The Morgan fingerprint density at radius 1 is 1.28 bits per heavy atom. The van der Waals surface area contributed by atoms with Gasteiger partial charge in [-0.25, -0.2) is 0 Å². The summed E-state index contributed by atoms with van der Waals surface area (Å²) >= 11 is 0. The van der Waals surface area contributed by atoms with Crippen LogP contribution in [0.4, 0.5) is 5.69 Å². The summed E-state index contributed by atoms with van der Waals surface area (Å²) in [6, 6.07) is 7.59. The predicted octanol–water partition coefficient (Wildman–Crippen LogP) is 2.19. The molecule has 1 fully saturated rings. The zero-order valence-corrected chi connectivity index (χ0v) is 14.9. The molecule has 0 saturated heterocycles. The fourth-order valence-corrected chi connectivity index (χ4v) is 3.11. The Kier molecular flexibility index (Phi) is 7.88. The van der Waals surface area contributed by atoms with E-state index >= 15 is 0 Å². The highest BCUT2D eigenvalue weighted by molar-refractivity contribution is 5.92. The minimum Gasteiger partial charge on any atom is -0.380 e. The maximum absolute atomic E-state index is 12.3. The highest BCUT2D eigenvalue weighted by Crippen LogP contribution is 2.25. The topological polar surface area (TPSA) is 93.4 Å². The van der Waals surface area contributed by atoms with Gasteiger partial charge < -0.3 is 21.1 Å². The van der Waals surface area contributed by atoms with Gasteiger partial charge in [-0.2, -0.15) is 0 Å². The van der Waals surface area contributed by atoms with E-state index in [-0.39, 0.29) is 30.3 Å². The number of benzene rings is 1. The van der Waals surface area contributed by atoms with E-state index in [9.17, 15) is 9.59 Å². The number of anilines is 1. The Morgan fingerprint density at radius 2 is 2.04 bits per heavy atom. The molecule has 1 aromatic carbocycles. The minimum atomic E-state index is -0.263. The first kappa shape index (κ1) is 19.4. The van der Waals surface area contributed by atoms with Gasteiger partial charge in [-0.1, -0.05) is 31.4 Å². The first-order valence-corrected chi connectivity index (χ1v) is 9.01. The molecule has 0 aliphatic heterocycles. The third-order valence-corrected chi connectivity index (χ3v) is 4.67. The van der Waals surface area contributed by atoms with Gasteiger partial charge in [0, 0.05) is 31.8 Å². The van der Waals surface area contributed by atoms with Crippen LogP contribution < -0.4 is 16.4 Å². The van der Waals surface area contributed by atoms with Crippen LogP contribution in [0.1, 0.15) is 44.1 Å². The molecule has 0 aromatic heterocycles. The molecule has 6 heteroatoms. The number of methoxy groups -OCH3 is 1. The number of ether oxygens (including phenoxy) is 1. The predicted molar refractivity (Wildman–Crippen MR) is 98.0 cm³/mol. The summed E-state index contributed by atoms with van der Waals surface area (Å²) in [5.74, 6) is 0.125. The van der Waals surface area contributed by atoms with E-state index < -0.39 is 0 Å². The van der Waals surface area contributed by atoms with Crippen molar-refractivity contribution in [1.29, 1.82) is 0 Å². The first-order valence-electron chi connectivity index (χ1n) is 9.01. The highest BCUT2D eigenvalue weighted by atomic mass is 16.5. The van der Waals surface area contributed by atoms with Crippen LogP contribution in [0.3, 0.4) is 0 Å². The van der Waals surface area contributed by atoms with Crippen molar-refractivity contribution in [2.24, 2.45) is 11.7 Å². The summed E-state index contributed by atoms with van der Waals surface area (Å²) in [4.78, 5) is 24.2. The standard InChI is InChI=1S/C19H29N3O3/c1-25-17(12-20)11-18(23)21-13-14-6-5-9-16(10-14)22-19(24)15-7-3-2-4-8-15/h5-6,9-10,15,17H,2-4,7-8,11-13,20H2,1H3,(H,21,23)(H,22,24). The van der Waals surface area contributed by atoms with Crippen LogP contribution in [0.2, 0.25) is 0 Å². The normalized spacial score (nSPS) is 16.2. The van der Waals surface area contributed by atoms with Crippen LogP contribution in [0.15, 0.2) is 24.3 Å². The second kappa shape index (κ2) is 10.2. The molecule has 0 spiro atoms. The average molecular weight is 347 g/mol. The smallest absolute Gasteiger partial charge is 0.227 e. The molecule has 1 saturated carbocycles. The van der Waals surface area contributed by atoms with Crippen LogP contribution in [0, 0.1) is 5.92 Å². The average Bonchev–Trinajstić information content (AvgIpc) is 2.65. The number of carbonyl (C=O) groups excluding carboxylic acids is 2. The van der Waals surface area contributed by atoms with Crippen molar-refractivity contribution < 1.29 is 14.3 Å². The molecule has 1 aromatic rings. The molecule has 1 aliphatic carbocycles. The summed E-state index contributed by atoms with van der Waals surface area (Å²) in [6.45, 7) is 0.722. The second-order valence-corrected chi connectivity index (χ2v) is 6.60. The van der Waals surface area contributed by atoms with Crippen molar-refractivity contribution >= 4 is 17.5 Å². The molecule has 0 heterocycles. The van der Waals surface area contributed by atoms with Gasteiger partial charge in [-0.05, 0) is 30.5 Å². The van der Waals surface area contributed by atoms with Gasteiger partial charge in [0.15, 0.2) is 0 Å². The maximum Gasteiger partial charge on any atom is 0.227 e. The highest BCUT2D eigenvalue weighted by Gasteiger charge is 2.21. The molecule has 0 radical (unpaired) electrons. The van der Waals surface area contributed by atoms with Crippen LogP contribution in [-0.2, 0) is 20.9 Å². The fraction of sp³-hybridized carbons (Fsp3) is 0.579. The second-order valence-electron chi connectivity index (χ2n) is 6.60. The lowest BCUT2D eigenvalue weighted by atomic mass is 9.88. The van der Waals surface area contributed by atoms with Gasteiger partial charge in [0.1, 0.15) is 0 Å². The molecular weight excluding hydrogens is 318 g/mol. The van der Waals surface area contributed by atoms with Gasteiger partial charge >= 0.3 is 0 Å². The zero-order valence-electron chi connectivity index (χ0n) is 14.9. The number of carbonyl (C=O) groups is 2. The van der Waals surface area contributed by atoms with E-state index in [1.54, 1.807) is 7.11 Å². The number of hydrogen-bond donors (Lipinski definition) is 3. The van der Waals surface area contributed by atoms with E-state index in [0.29, 0.717) is 13.1 Å². The van der Waals surface area contributed by atoms with Crippen molar-refractivity contribution in [3.63, 3.8) is 0 Å². The number of nitrogens with two attached hydrogens (primary N) is 1. The third-order valence-electron chi connectivity index (χ3n) is 4.67.